The van der Waals surface area contributed by atoms with Gasteiger partial charge < -0.3 is 10.6 Å². The smallest absolute Gasteiger partial charge is 0.191 e. The summed E-state index contributed by atoms with van der Waals surface area (Å²) in [4.78, 5) is 8.69. The predicted octanol–water partition coefficient (Wildman–Crippen LogP) is 3.74. The van der Waals surface area contributed by atoms with Gasteiger partial charge in [-0.05, 0) is 43.5 Å². The third kappa shape index (κ3) is 5.49. The van der Waals surface area contributed by atoms with Gasteiger partial charge in [0.25, 0.3) is 0 Å². The minimum Gasteiger partial charge on any atom is -0.351 e. The van der Waals surface area contributed by atoms with E-state index < -0.39 is 0 Å². The highest BCUT2D eigenvalue weighted by Crippen LogP contribution is 2.16. The Bertz CT molecular complexity index is 655. The van der Waals surface area contributed by atoms with Crippen molar-refractivity contribution in [3.8, 4) is 0 Å². The third-order valence-electron chi connectivity index (χ3n) is 3.77. The van der Waals surface area contributed by atoms with E-state index in [0.29, 0.717) is 6.54 Å². The molecule has 1 unspecified atom stereocenters. The molecule has 1 atom stereocenters. The van der Waals surface area contributed by atoms with Crippen LogP contribution in [0, 0.1) is 13.8 Å². The zero-order valence-electron chi connectivity index (χ0n) is 14.1. The van der Waals surface area contributed by atoms with E-state index in [0.717, 1.165) is 11.7 Å². The van der Waals surface area contributed by atoms with Crippen LogP contribution in [0.2, 0.25) is 0 Å². The molecule has 0 spiro atoms. The quantitative estimate of drug-likeness (QED) is 0.447. The molecule has 0 aliphatic carbocycles. The molecular formula is C18H25IN4. The van der Waals surface area contributed by atoms with Gasteiger partial charge in [-0.2, -0.15) is 0 Å². The number of benzene rings is 1. The lowest BCUT2D eigenvalue weighted by Gasteiger charge is -2.20. The number of hydrogen-bond acceptors (Lipinski definition) is 2. The van der Waals surface area contributed by atoms with Crippen LogP contribution >= 0.6 is 24.0 Å². The summed E-state index contributed by atoms with van der Waals surface area (Å²) in [5.41, 5.74) is 4.77. The molecule has 0 bridgehead atoms. The van der Waals surface area contributed by atoms with Gasteiger partial charge in [0.1, 0.15) is 0 Å². The van der Waals surface area contributed by atoms with Crippen molar-refractivity contribution in [3.05, 3.63) is 65.0 Å². The number of nitrogens with zero attached hydrogens (tertiary/aromatic N) is 2. The third-order valence-corrected chi connectivity index (χ3v) is 3.77. The summed E-state index contributed by atoms with van der Waals surface area (Å²) in [5.74, 6) is 0.779. The molecule has 5 heteroatoms. The molecule has 1 aromatic heterocycles. The number of halogens is 1. The number of aryl methyl sites for hydroxylation is 2. The van der Waals surface area contributed by atoms with Gasteiger partial charge in [-0.15, -0.1) is 24.0 Å². The van der Waals surface area contributed by atoms with Crippen LogP contribution in [-0.4, -0.2) is 18.0 Å². The minimum absolute atomic E-state index is 0. The number of hydrogen-bond donors (Lipinski definition) is 2. The standard InChI is InChI=1S/C18H24N4.HI/c1-13-8-5-6-10-16(13)15(3)22-18(19-4)21-12-17-14(2)9-7-11-20-17;/h5-11,15H,12H2,1-4H3,(H2,19,21,22);1H. The molecule has 0 saturated heterocycles. The highest BCUT2D eigenvalue weighted by molar-refractivity contribution is 14.0. The fourth-order valence-electron chi connectivity index (χ4n) is 2.42. The molecule has 4 nitrogen and oxygen atoms in total. The molecule has 124 valence electrons. The van der Waals surface area contributed by atoms with Crippen molar-refractivity contribution in [2.24, 2.45) is 4.99 Å². The van der Waals surface area contributed by atoms with Crippen molar-refractivity contribution in [2.45, 2.75) is 33.4 Å². The van der Waals surface area contributed by atoms with Crippen LogP contribution in [0.3, 0.4) is 0 Å². The van der Waals surface area contributed by atoms with Gasteiger partial charge in [0.05, 0.1) is 18.3 Å². The number of aliphatic imine (C=N–C) groups is 1. The lowest BCUT2D eigenvalue weighted by molar-refractivity contribution is 0.678. The molecule has 2 N–H and O–H groups in total. The lowest BCUT2D eigenvalue weighted by atomic mass is 10.0. The molecule has 0 radical (unpaired) electrons. The van der Waals surface area contributed by atoms with Gasteiger partial charge >= 0.3 is 0 Å². The van der Waals surface area contributed by atoms with E-state index in [1.807, 2.05) is 12.3 Å². The first-order valence-electron chi connectivity index (χ1n) is 7.55. The van der Waals surface area contributed by atoms with Gasteiger partial charge in [-0.25, -0.2) is 0 Å². The first-order chi connectivity index (χ1) is 10.6. The topological polar surface area (TPSA) is 49.3 Å². The Morgan fingerprint density at radius 3 is 2.48 bits per heavy atom. The van der Waals surface area contributed by atoms with Crippen molar-refractivity contribution in [3.63, 3.8) is 0 Å². The van der Waals surface area contributed by atoms with Crippen LogP contribution in [0.4, 0.5) is 0 Å². The Morgan fingerprint density at radius 2 is 1.83 bits per heavy atom. The van der Waals surface area contributed by atoms with Crippen molar-refractivity contribution >= 4 is 29.9 Å². The number of guanidine groups is 1. The van der Waals surface area contributed by atoms with E-state index in [4.69, 9.17) is 0 Å². The summed E-state index contributed by atoms with van der Waals surface area (Å²) < 4.78 is 0. The fourth-order valence-corrected chi connectivity index (χ4v) is 2.42. The average molecular weight is 424 g/mol. The molecule has 1 heterocycles. The van der Waals surface area contributed by atoms with Gasteiger partial charge in [-0.1, -0.05) is 30.3 Å². The number of rotatable bonds is 4. The Morgan fingerprint density at radius 1 is 1.13 bits per heavy atom. The Labute approximate surface area is 155 Å². The van der Waals surface area contributed by atoms with E-state index in [1.165, 1.54) is 16.7 Å². The van der Waals surface area contributed by atoms with Crippen molar-refractivity contribution in [1.82, 2.24) is 15.6 Å². The summed E-state index contributed by atoms with van der Waals surface area (Å²) in [6.07, 6.45) is 1.82. The van der Waals surface area contributed by atoms with Crippen molar-refractivity contribution in [2.75, 3.05) is 7.05 Å². The second-order valence-electron chi connectivity index (χ2n) is 5.42. The van der Waals surface area contributed by atoms with Crippen LogP contribution in [0.25, 0.3) is 0 Å². The number of aromatic nitrogens is 1. The fraction of sp³-hybridized carbons (Fsp3) is 0.333. The van der Waals surface area contributed by atoms with E-state index in [9.17, 15) is 0 Å². The summed E-state index contributed by atoms with van der Waals surface area (Å²) in [6.45, 7) is 6.99. The van der Waals surface area contributed by atoms with E-state index in [-0.39, 0.29) is 30.0 Å². The molecule has 0 aliphatic rings. The SMILES string of the molecule is CN=C(NCc1ncccc1C)NC(C)c1ccccc1C.I. The molecule has 0 aliphatic heterocycles. The number of pyridine rings is 1. The summed E-state index contributed by atoms with van der Waals surface area (Å²) in [6, 6.07) is 12.6. The van der Waals surface area contributed by atoms with Crippen LogP contribution in [-0.2, 0) is 6.54 Å². The molecule has 1 aromatic carbocycles. The maximum atomic E-state index is 4.39. The zero-order chi connectivity index (χ0) is 15.9. The van der Waals surface area contributed by atoms with E-state index in [1.54, 1.807) is 7.05 Å². The zero-order valence-corrected chi connectivity index (χ0v) is 16.5. The van der Waals surface area contributed by atoms with Crippen molar-refractivity contribution < 1.29 is 0 Å². The predicted molar refractivity (Wildman–Crippen MR) is 107 cm³/mol. The summed E-state index contributed by atoms with van der Waals surface area (Å²) >= 11 is 0. The Balaban J connectivity index is 0.00000264. The average Bonchev–Trinajstić information content (AvgIpc) is 2.53. The number of nitrogens with one attached hydrogen (secondary N) is 2. The molecule has 2 aromatic rings. The highest BCUT2D eigenvalue weighted by Gasteiger charge is 2.10. The molecule has 0 saturated carbocycles. The molecule has 23 heavy (non-hydrogen) atoms. The largest absolute Gasteiger partial charge is 0.351 e. The summed E-state index contributed by atoms with van der Waals surface area (Å²) in [7, 11) is 1.78. The maximum absolute atomic E-state index is 4.39. The maximum Gasteiger partial charge on any atom is 0.191 e. The Kier molecular flexibility index (Phi) is 8.02. The van der Waals surface area contributed by atoms with Crippen LogP contribution < -0.4 is 10.6 Å². The first kappa shape index (κ1) is 19.4. The molecule has 0 amide bonds. The van der Waals surface area contributed by atoms with Gasteiger partial charge in [0, 0.05) is 13.2 Å². The molecular weight excluding hydrogens is 399 g/mol. The van der Waals surface area contributed by atoms with Crippen LogP contribution in [0.15, 0.2) is 47.6 Å². The van der Waals surface area contributed by atoms with Crippen LogP contribution in [0.5, 0.6) is 0 Å². The molecule has 2 rings (SSSR count). The second kappa shape index (κ2) is 9.50. The monoisotopic (exact) mass is 424 g/mol. The van der Waals surface area contributed by atoms with Gasteiger partial charge in [-0.3, -0.25) is 9.98 Å². The minimum atomic E-state index is 0. The van der Waals surface area contributed by atoms with E-state index >= 15 is 0 Å². The van der Waals surface area contributed by atoms with Crippen molar-refractivity contribution in [1.29, 1.82) is 0 Å². The van der Waals surface area contributed by atoms with Gasteiger partial charge in [0.2, 0.25) is 0 Å². The second-order valence-corrected chi connectivity index (χ2v) is 5.42. The van der Waals surface area contributed by atoms with Gasteiger partial charge in [0.15, 0.2) is 5.96 Å². The highest BCUT2D eigenvalue weighted by atomic mass is 127. The Hall–Kier alpha value is -1.63. The van der Waals surface area contributed by atoms with Crippen LogP contribution in [0.1, 0.15) is 35.3 Å². The lowest BCUT2D eigenvalue weighted by Crippen LogP contribution is -2.38. The normalized spacial score (nSPS) is 12.3. The summed E-state index contributed by atoms with van der Waals surface area (Å²) in [5, 5.41) is 6.75. The van der Waals surface area contributed by atoms with E-state index in [2.05, 4.69) is 71.7 Å². The molecule has 0 fully saturated rings. The first-order valence-corrected chi connectivity index (χ1v) is 7.55.